The summed E-state index contributed by atoms with van der Waals surface area (Å²) in [6.45, 7) is 1.54. The average Bonchev–Trinajstić information content (AvgIpc) is 2.53. The summed E-state index contributed by atoms with van der Waals surface area (Å²) in [6.07, 6.45) is 7.63. The lowest BCUT2D eigenvalue weighted by atomic mass is 9.85. The van der Waals surface area contributed by atoms with Crippen LogP contribution in [0.1, 0.15) is 24.8 Å². The predicted molar refractivity (Wildman–Crippen MR) is 106 cm³/mol. The maximum Gasteiger partial charge on any atom is 0.188 e. The molecule has 0 bridgehead atoms. The summed E-state index contributed by atoms with van der Waals surface area (Å²) in [6, 6.07) is 12.3. The largest absolute Gasteiger partial charge is 0.370 e. The van der Waals surface area contributed by atoms with Gasteiger partial charge in [-0.15, -0.1) is 24.0 Å². The summed E-state index contributed by atoms with van der Waals surface area (Å²) in [4.78, 5) is 8.59. The van der Waals surface area contributed by atoms with Crippen molar-refractivity contribution in [1.29, 1.82) is 0 Å². The van der Waals surface area contributed by atoms with E-state index in [1.54, 1.807) is 6.20 Å². The third-order valence-corrected chi connectivity index (χ3v) is 4.15. The van der Waals surface area contributed by atoms with Gasteiger partial charge in [-0.1, -0.05) is 30.7 Å². The standard InChI is InChI=1S/C18H22N4.HI/c19-18(21-11-14-4-1-5-14)22-12-15-6-2-7-16(10-15)17-8-3-9-20-13-17;/h2-3,6-10,13-14H,1,4-5,11-12H2,(H3,19,21,22);1H. The molecule has 0 aliphatic heterocycles. The number of aromatic nitrogens is 1. The van der Waals surface area contributed by atoms with Crippen LogP contribution in [0.4, 0.5) is 0 Å². The fourth-order valence-electron chi connectivity index (χ4n) is 2.56. The molecule has 0 spiro atoms. The van der Waals surface area contributed by atoms with E-state index in [2.05, 4.69) is 39.6 Å². The molecule has 122 valence electrons. The summed E-state index contributed by atoms with van der Waals surface area (Å²) in [5.74, 6) is 1.32. The second-order valence-electron chi connectivity index (χ2n) is 5.82. The fourth-order valence-corrected chi connectivity index (χ4v) is 2.56. The number of guanidine groups is 1. The van der Waals surface area contributed by atoms with Crippen LogP contribution in [0.15, 0.2) is 53.8 Å². The molecular formula is C18H23IN4. The highest BCUT2D eigenvalue weighted by molar-refractivity contribution is 14.0. The number of hydrogen-bond acceptors (Lipinski definition) is 2. The van der Waals surface area contributed by atoms with Crippen LogP contribution in [0.5, 0.6) is 0 Å². The molecular weight excluding hydrogens is 399 g/mol. The van der Waals surface area contributed by atoms with Gasteiger partial charge in [-0.3, -0.25) is 4.98 Å². The third-order valence-electron chi connectivity index (χ3n) is 4.15. The first-order valence-corrected chi connectivity index (χ1v) is 7.84. The highest BCUT2D eigenvalue weighted by Crippen LogP contribution is 2.25. The van der Waals surface area contributed by atoms with E-state index in [0.717, 1.165) is 29.2 Å². The Morgan fingerprint density at radius 3 is 2.74 bits per heavy atom. The maximum atomic E-state index is 5.93. The number of nitrogens with zero attached hydrogens (tertiary/aromatic N) is 2. The van der Waals surface area contributed by atoms with Crippen molar-refractivity contribution in [3.8, 4) is 11.1 Å². The first kappa shape index (κ1) is 17.7. The summed E-state index contributed by atoms with van der Waals surface area (Å²) in [7, 11) is 0. The molecule has 1 aliphatic carbocycles. The minimum Gasteiger partial charge on any atom is -0.370 e. The van der Waals surface area contributed by atoms with Gasteiger partial charge in [0.05, 0.1) is 6.54 Å². The van der Waals surface area contributed by atoms with Crippen LogP contribution in [-0.4, -0.2) is 17.5 Å². The van der Waals surface area contributed by atoms with Gasteiger partial charge in [-0.25, -0.2) is 4.99 Å². The molecule has 5 heteroatoms. The van der Waals surface area contributed by atoms with E-state index in [-0.39, 0.29) is 24.0 Å². The Hall–Kier alpha value is -1.63. The summed E-state index contributed by atoms with van der Waals surface area (Å²) >= 11 is 0. The van der Waals surface area contributed by atoms with Crippen molar-refractivity contribution in [2.24, 2.45) is 16.6 Å². The minimum absolute atomic E-state index is 0. The van der Waals surface area contributed by atoms with Crippen molar-refractivity contribution in [2.45, 2.75) is 25.8 Å². The van der Waals surface area contributed by atoms with Crippen molar-refractivity contribution < 1.29 is 0 Å². The number of pyridine rings is 1. The van der Waals surface area contributed by atoms with Gasteiger partial charge in [-0.2, -0.15) is 0 Å². The number of hydrogen-bond donors (Lipinski definition) is 2. The van der Waals surface area contributed by atoms with Gasteiger partial charge in [0, 0.05) is 18.9 Å². The molecule has 0 amide bonds. The van der Waals surface area contributed by atoms with Crippen molar-refractivity contribution >= 4 is 29.9 Å². The molecule has 23 heavy (non-hydrogen) atoms. The number of aliphatic imine (C=N–C) groups is 1. The summed E-state index contributed by atoms with van der Waals surface area (Å²) < 4.78 is 0. The number of benzene rings is 1. The molecule has 0 atom stereocenters. The normalized spacial score (nSPS) is 14.7. The quantitative estimate of drug-likeness (QED) is 0.440. The Morgan fingerprint density at radius 2 is 2.04 bits per heavy atom. The number of nitrogens with two attached hydrogens (primary N) is 1. The Morgan fingerprint density at radius 1 is 1.22 bits per heavy atom. The van der Waals surface area contributed by atoms with E-state index >= 15 is 0 Å². The predicted octanol–water partition coefficient (Wildman–Crippen LogP) is 3.57. The van der Waals surface area contributed by atoms with Crippen LogP contribution in [0.3, 0.4) is 0 Å². The van der Waals surface area contributed by atoms with Crippen LogP contribution in [0, 0.1) is 5.92 Å². The maximum absolute atomic E-state index is 5.93. The molecule has 1 fully saturated rings. The second kappa shape index (κ2) is 8.86. The minimum atomic E-state index is 0. The summed E-state index contributed by atoms with van der Waals surface area (Å²) in [5, 5.41) is 3.22. The Kier molecular flexibility index (Phi) is 6.83. The van der Waals surface area contributed by atoms with Crippen LogP contribution in [-0.2, 0) is 6.54 Å². The van der Waals surface area contributed by atoms with E-state index < -0.39 is 0 Å². The first-order valence-electron chi connectivity index (χ1n) is 7.84. The molecule has 0 radical (unpaired) electrons. The molecule has 1 aromatic heterocycles. The lowest BCUT2D eigenvalue weighted by Gasteiger charge is -2.25. The number of nitrogens with one attached hydrogen (secondary N) is 1. The summed E-state index contributed by atoms with van der Waals surface area (Å²) in [5.41, 5.74) is 9.34. The Labute approximate surface area is 154 Å². The molecule has 4 nitrogen and oxygen atoms in total. The van der Waals surface area contributed by atoms with Gasteiger partial charge in [0.1, 0.15) is 0 Å². The van der Waals surface area contributed by atoms with Gasteiger partial charge in [-0.05, 0) is 47.6 Å². The highest BCUT2D eigenvalue weighted by Gasteiger charge is 2.16. The topological polar surface area (TPSA) is 63.3 Å². The molecule has 1 heterocycles. The Bertz CT molecular complexity index is 638. The highest BCUT2D eigenvalue weighted by atomic mass is 127. The van der Waals surface area contributed by atoms with Crippen molar-refractivity contribution in [2.75, 3.05) is 6.54 Å². The monoisotopic (exact) mass is 422 g/mol. The van der Waals surface area contributed by atoms with Crippen molar-refractivity contribution in [3.05, 3.63) is 54.4 Å². The zero-order chi connectivity index (χ0) is 15.2. The van der Waals surface area contributed by atoms with Crippen LogP contribution >= 0.6 is 24.0 Å². The average molecular weight is 422 g/mol. The fraction of sp³-hybridized carbons (Fsp3) is 0.333. The van der Waals surface area contributed by atoms with E-state index in [1.807, 2.05) is 18.3 Å². The van der Waals surface area contributed by atoms with Crippen LogP contribution in [0.2, 0.25) is 0 Å². The smallest absolute Gasteiger partial charge is 0.188 e. The van der Waals surface area contributed by atoms with E-state index in [9.17, 15) is 0 Å². The molecule has 1 aromatic carbocycles. The van der Waals surface area contributed by atoms with Crippen molar-refractivity contribution in [3.63, 3.8) is 0 Å². The Balaban J connectivity index is 0.00000192. The van der Waals surface area contributed by atoms with E-state index in [1.165, 1.54) is 19.3 Å². The number of halogens is 1. The zero-order valence-electron chi connectivity index (χ0n) is 13.1. The number of rotatable bonds is 5. The lowest BCUT2D eigenvalue weighted by molar-refractivity contribution is 0.315. The molecule has 2 aromatic rings. The van der Waals surface area contributed by atoms with Gasteiger partial charge in [0.2, 0.25) is 0 Å². The van der Waals surface area contributed by atoms with Gasteiger partial charge in [0.15, 0.2) is 5.96 Å². The molecule has 1 aliphatic rings. The molecule has 3 N–H and O–H groups in total. The molecule has 1 saturated carbocycles. The SMILES string of the molecule is I.NC(=NCc1cccc(-c2cccnc2)c1)NCC1CCC1. The van der Waals surface area contributed by atoms with Gasteiger partial charge >= 0.3 is 0 Å². The third kappa shape index (κ3) is 5.20. The molecule has 0 saturated heterocycles. The van der Waals surface area contributed by atoms with Gasteiger partial charge < -0.3 is 11.1 Å². The van der Waals surface area contributed by atoms with Gasteiger partial charge in [0.25, 0.3) is 0 Å². The van der Waals surface area contributed by atoms with E-state index in [0.29, 0.717) is 12.5 Å². The first-order chi connectivity index (χ1) is 10.8. The zero-order valence-corrected chi connectivity index (χ0v) is 15.4. The lowest BCUT2D eigenvalue weighted by Crippen LogP contribution is -2.37. The molecule has 3 rings (SSSR count). The van der Waals surface area contributed by atoms with Crippen LogP contribution < -0.4 is 11.1 Å². The van der Waals surface area contributed by atoms with Crippen molar-refractivity contribution in [1.82, 2.24) is 10.3 Å². The van der Waals surface area contributed by atoms with E-state index in [4.69, 9.17) is 5.73 Å². The molecule has 0 unspecified atom stereocenters. The van der Waals surface area contributed by atoms with Crippen LogP contribution in [0.25, 0.3) is 11.1 Å². The second-order valence-corrected chi connectivity index (χ2v) is 5.82.